The van der Waals surface area contributed by atoms with Gasteiger partial charge in [-0.15, -0.1) is 0 Å². The average Bonchev–Trinajstić information content (AvgIpc) is 2.34. The van der Waals surface area contributed by atoms with Crippen molar-refractivity contribution in [3.63, 3.8) is 0 Å². The number of esters is 1. The summed E-state index contributed by atoms with van der Waals surface area (Å²) in [4.78, 5) is 23.2. The molecule has 0 aromatic heterocycles. The summed E-state index contributed by atoms with van der Waals surface area (Å²) in [5.74, 6) is -0.263. The molecule has 0 bridgehead atoms. The Balaban J connectivity index is 3.93. The van der Waals surface area contributed by atoms with Crippen LogP contribution in [0.15, 0.2) is 0 Å². The van der Waals surface area contributed by atoms with E-state index in [1.165, 1.54) is 0 Å². The first kappa shape index (κ1) is 19.7. The first-order valence-electron chi connectivity index (χ1n) is 7.94. The second-order valence-electron chi connectivity index (χ2n) is 6.22. The molecule has 0 aliphatic rings. The van der Waals surface area contributed by atoms with Crippen molar-refractivity contribution in [2.24, 2.45) is 0 Å². The van der Waals surface area contributed by atoms with Crippen LogP contribution in [0.4, 0.5) is 4.79 Å². The lowest BCUT2D eigenvalue weighted by atomic mass is 10.1. The van der Waals surface area contributed by atoms with E-state index in [1.54, 1.807) is 20.8 Å². The van der Waals surface area contributed by atoms with Gasteiger partial charge in [-0.1, -0.05) is 33.1 Å². The van der Waals surface area contributed by atoms with Crippen LogP contribution >= 0.6 is 0 Å². The normalized spacial score (nSPS) is 12.6. The molecule has 0 rings (SSSR count). The molecule has 1 N–H and O–H groups in total. The van der Waals surface area contributed by atoms with Crippen LogP contribution in [0, 0.1) is 0 Å². The number of amides is 1. The van der Waals surface area contributed by atoms with Crippen LogP contribution < -0.4 is 5.32 Å². The van der Waals surface area contributed by atoms with Gasteiger partial charge in [0.05, 0.1) is 6.42 Å². The summed E-state index contributed by atoms with van der Waals surface area (Å²) in [5.41, 5.74) is -0.531. The van der Waals surface area contributed by atoms with Crippen molar-refractivity contribution in [1.29, 1.82) is 0 Å². The smallest absolute Gasteiger partial charge is 0.407 e. The van der Waals surface area contributed by atoms with Gasteiger partial charge in [0.25, 0.3) is 0 Å². The minimum atomic E-state index is -0.531. The first-order valence-corrected chi connectivity index (χ1v) is 7.94. The lowest BCUT2D eigenvalue weighted by molar-refractivity contribution is -0.149. The van der Waals surface area contributed by atoms with E-state index >= 15 is 0 Å². The number of ether oxygens (including phenoxy) is 2. The Morgan fingerprint density at radius 2 is 1.76 bits per heavy atom. The van der Waals surface area contributed by atoms with E-state index in [0.29, 0.717) is 0 Å². The third-order valence-electron chi connectivity index (χ3n) is 2.79. The fourth-order valence-electron chi connectivity index (χ4n) is 1.84. The summed E-state index contributed by atoms with van der Waals surface area (Å²) in [5, 5.41) is 2.56. The molecule has 0 heterocycles. The summed E-state index contributed by atoms with van der Waals surface area (Å²) in [6, 6.07) is 0. The van der Waals surface area contributed by atoms with Crippen LogP contribution in [0.25, 0.3) is 0 Å². The quantitative estimate of drug-likeness (QED) is 0.658. The Kier molecular flexibility index (Phi) is 9.84. The highest BCUT2D eigenvalue weighted by Gasteiger charge is 2.17. The third kappa shape index (κ3) is 12.2. The molecule has 0 aromatic rings. The summed E-state index contributed by atoms with van der Waals surface area (Å²) >= 11 is 0. The maximum Gasteiger partial charge on any atom is 0.407 e. The Hall–Kier alpha value is -1.26. The second kappa shape index (κ2) is 10.5. The van der Waals surface area contributed by atoms with Gasteiger partial charge < -0.3 is 14.8 Å². The second-order valence-corrected chi connectivity index (χ2v) is 6.22. The predicted molar refractivity (Wildman–Crippen MR) is 83.2 cm³/mol. The molecule has 0 saturated carbocycles. The van der Waals surface area contributed by atoms with E-state index in [9.17, 15) is 9.59 Å². The van der Waals surface area contributed by atoms with Gasteiger partial charge in [-0.25, -0.2) is 4.79 Å². The largest absolute Gasteiger partial charge is 0.462 e. The van der Waals surface area contributed by atoms with Crippen molar-refractivity contribution in [3.05, 3.63) is 0 Å². The van der Waals surface area contributed by atoms with Crippen LogP contribution in [-0.4, -0.2) is 30.3 Å². The topological polar surface area (TPSA) is 64.6 Å². The van der Waals surface area contributed by atoms with Gasteiger partial charge in [-0.2, -0.15) is 0 Å². The van der Waals surface area contributed by atoms with Crippen molar-refractivity contribution < 1.29 is 19.1 Å². The molecule has 1 amide bonds. The van der Waals surface area contributed by atoms with Crippen LogP contribution in [0.2, 0.25) is 0 Å². The summed E-state index contributed by atoms with van der Waals surface area (Å²) in [6.45, 7) is 9.82. The zero-order valence-corrected chi connectivity index (χ0v) is 14.2. The van der Waals surface area contributed by atoms with Crippen molar-refractivity contribution in [2.45, 2.75) is 84.8 Å². The standard InChI is InChI=1S/C16H31NO4/c1-6-8-10-13(9-7-2)20-14(18)11-12-17-15(19)21-16(3,4)5/h13H,6-12H2,1-5H3,(H,17,19). The van der Waals surface area contributed by atoms with Crippen molar-refractivity contribution in [1.82, 2.24) is 5.32 Å². The Morgan fingerprint density at radius 3 is 2.29 bits per heavy atom. The molecule has 5 nitrogen and oxygen atoms in total. The molecule has 0 aromatic carbocycles. The molecule has 0 aliphatic carbocycles. The molecular formula is C16H31NO4. The Morgan fingerprint density at radius 1 is 1.10 bits per heavy atom. The van der Waals surface area contributed by atoms with E-state index in [-0.39, 0.29) is 25.0 Å². The minimum Gasteiger partial charge on any atom is -0.462 e. The van der Waals surface area contributed by atoms with Crippen LogP contribution in [0.5, 0.6) is 0 Å². The molecule has 0 aliphatic heterocycles. The van der Waals surface area contributed by atoms with E-state index in [4.69, 9.17) is 9.47 Å². The third-order valence-corrected chi connectivity index (χ3v) is 2.79. The van der Waals surface area contributed by atoms with Crippen molar-refractivity contribution in [2.75, 3.05) is 6.54 Å². The average molecular weight is 301 g/mol. The number of alkyl carbamates (subject to hydrolysis) is 1. The van der Waals surface area contributed by atoms with Gasteiger partial charge >= 0.3 is 12.1 Å². The highest BCUT2D eigenvalue weighted by molar-refractivity contribution is 5.72. The predicted octanol–water partition coefficient (Wildman–Crippen LogP) is 3.80. The molecule has 0 fully saturated rings. The highest BCUT2D eigenvalue weighted by Crippen LogP contribution is 2.12. The minimum absolute atomic E-state index is 0.00368. The number of carbonyl (C=O) groups excluding carboxylic acids is 2. The molecule has 21 heavy (non-hydrogen) atoms. The number of nitrogens with one attached hydrogen (secondary N) is 1. The van der Waals surface area contributed by atoms with Gasteiger partial charge in [0, 0.05) is 6.54 Å². The summed E-state index contributed by atoms with van der Waals surface area (Å²) in [7, 11) is 0. The van der Waals surface area contributed by atoms with Crippen molar-refractivity contribution in [3.8, 4) is 0 Å². The van der Waals surface area contributed by atoms with E-state index < -0.39 is 11.7 Å². The first-order chi connectivity index (χ1) is 9.78. The molecular weight excluding hydrogens is 270 g/mol. The number of hydrogen-bond acceptors (Lipinski definition) is 4. The summed E-state index contributed by atoms with van der Waals surface area (Å²) < 4.78 is 10.5. The number of unbranched alkanes of at least 4 members (excludes halogenated alkanes) is 1. The highest BCUT2D eigenvalue weighted by atomic mass is 16.6. The molecule has 124 valence electrons. The van der Waals surface area contributed by atoms with Crippen LogP contribution in [-0.2, 0) is 14.3 Å². The fraction of sp³-hybridized carbons (Fsp3) is 0.875. The zero-order chi connectivity index (χ0) is 16.3. The van der Waals surface area contributed by atoms with Gasteiger partial charge in [-0.3, -0.25) is 4.79 Å². The molecule has 0 saturated heterocycles. The molecule has 0 spiro atoms. The molecule has 1 unspecified atom stereocenters. The van der Waals surface area contributed by atoms with E-state index in [0.717, 1.165) is 32.1 Å². The molecule has 5 heteroatoms. The van der Waals surface area contributed by atoms with Gasteiger partial charge in [0.2, 0.25) is 0 Å². The molecule has 0 radical (unpaired) electrons. The fourth-order valence-corrected chi connectivity index (χ4v) is 1.84. The Labute approximate surface area is 128 Å². The van der Waals surface area contributed by atoms with Gasteiger partial charge in [0.15, 0.2) is 0 Å². The summed E-state index contributed by atoms with van der Waals surface area (Å²) in [6.07, 6.45) is 4.63. The van der Waals surface area contributed by atoms with Gasteiger partial charge in [0.1, 0.15) is 11.7 Å². The van der Waals surface area contributed by atoms with E-state index in [2.05, 4.69) is 19.2 Å². The van der Waals surface area contributed by atoms with Gasteiger partial charge in [-0.05, 0) is 33.6 Å². The maximum absolute atomic E-state index is 11.7. The van der Waals surface area contributed by atoms with E-state index in [1.807, 2.05) is 0 Å². The number of carbonyl (C=O) groups is 2. The molecule has 1 atom stereocenters. The zero-order valence-electron chi connectivity index (χ0n) is 14.2. The Bertz CT molecular complexity index is 310. The number of rotatable bonds is 9. The van der Waals surface area contributed by atoms with Crippen LogP contribution in [0.3, 0.4) is 0 Å². The van der Waals surface area contributed by atoms with Crippen molar-refractivity contribution >= 4 is 12.1 Å². The lowest BCUT2D eigenvalue weighted by Crippen LogP contribution is -2.34. The van der Waals surface area contributed by atoms with Crippen LogP contribution in [0.1, 0.15) is 73.1 Å². The number of hydrogen-bond donors (Lipinski definition) is 1. The monoisotopic (exact) mass is 301 g/mol. The SMILES string of the molecule is CCCCC(CCC)OC(=O)CCNC(=O)OC(C)(C)C. The lowest BCUT2D eigenvalue weighted by Gasteiger charge is -2.20. The maximum atomic E-state index is 11.7.